The van der Waals surface area contributed by atoms with Gasteiger partial charge in [0.15, 0.2) is 5.13 Å². The van der Waals surface area contributed by atoms with Crippen molar-refractivity contribution in [1.82, 2.24) is 24.7 Å². The number of amides is 1. The molecule has 2 saturated heterocycles. The van der Waals surface area contributed by atoms with E-state index in [-0.39, 0.29) is 22.9 Å². The predicted molar refractivity (Wildman–Crippen MR) is 223 cm³/mol. The van der Waals surface area contributed by atoms with Crippen LogP contribution in [-0.4, -0.2) is 76.4 Å². The molecule has 55 heavy (non-hydrogen) atoms. The molecule has 4 heterocycles. The van der Waals surface area contributed by atoms with E-state index in [0.717, 1.165) is 66.9 Å². The number of carbonyl (C=O) groups excluding carboxylic acids is 1. The van der Waals surface area contributed by atoms with Gasteiger partial charge in [0.05, 0.1) is 28.4 Å². The molecular formula is C44H55N7O2S2. The zero-order chi connectivity index (χ0) is 38.4. The number of anilines is 1. The minimum Gasteiger partial charge on any atom is -0.444 e. The highest BCUT2D eigenvalue weighted by atomic mass is 32.2. The van der Waals surface area contributed by atoms with Crippen molar-refractivity contribution in [1.29, 1.82) is 5.26 Å². The number of thiazole rings is 1. The number of carbonyl (C=O) groups is 1. The van der Waals surface area contributed by atoms with Gasteiger partial charge in [-0.3, -0.25) is 9.69 Å². The van der Waals surface area contributed by atoms with Crippen LogP contribution in [0.3, 0.4) is 0 Å². The van der Waals surface area contributed by atoms with E-state index in [1.807, 2.05) is 49.8 Å². The van der Waals surface area contributed by atoms with Crippen LogP contribution in [0.15, 0.2) is 81.2 Å². The molecule has 2 aromatic heterocycles. The topological polar surface area (TPSA) is 102 Å². The third kappa shape index (κ3) is 10.5. The Morgan fingerprint density at radius 3 is 2.40 bits per heavy atom. The summed E-state index contributed by atoms with van der Waals surface area (Å²) in [7, 11) is 1.85. The van der Waals surface area contributed by atoms with E-state index in [9.17, 15) is 10.1 Å². The molecule has 0 radical (unpaired) electrons. The van der Waals surface area contributed by atoms with Crippen molar-refractivity contribution < 1.29 is 9.21 Å². The first kappa shape index (κ1) is 39.3. The molecular weight excluding hydrogens is 723 g/mol. The summed E-state index contributed by atoms with van der Waals surface area (Å²) in [5.74, 6) is 3.31. The number of nitrogens with one attached hydrogen (secondary N) is 1. The number of thioether (sulfide) groups is 1. The fourth-order valence-corrected chi connectivity index (χ4v) is 9.67. The number of likely N-dealkylation sites (tertiary alicyclic amines) is 2. The molecule has 1 aliphatic carbocycles. The number of likely N-dealkylation sites (N-methyl/N-ethyl adjacent to an activating group) is 1. The van der Waals surface area contributed by atoms with Gasteiger partial charge in [-0.05, 0) is 99.3 Å². The maximum absolute atomic E-state index is 13.5. The molecule has 4 aromatic rings. The van der Waals surface area contributed by atoms with E-state index in [0.29, 0.717) is 23.6 Å². The third-order valence-corrected chi connectivity index (χ3v) is 13.5. The van der Waals surface area contributed by atoms with Gasteiger partial charge in [-0.1, -0.05) is 86.7 Å². The number of piperidine rings is 2. The second-order valence-corrected chi connectivity index (χ2v) is 18.8. The monoisotopic (exact) mass is 777 g/mol. The lowest BCUT2D eigenvalue weighted by atomic mass is 9.93. The van der Waals surface area contributed by atoms with Crippen molar-refractivity contribution in [3.05, 3.63) is 101 Å². The van der Waals surface area contributed by atoms with Gasteiger partial charge in [-0.2, -0.15) is 5.26 Å². The highest BCUT2D eigenvalue weighted by Crippen LogP contribution is 2.44. The number of hydrogen-bond acceptors (Lipinski definition) is 10. The van der Waals surface area contributed by atoms with Crippen LogP contribution in [0.4, 0.5) is 5.13 Å². The molecule has 0 bridgehead atoms. The molecule has 1 unspecified atom stereocenters. The SMILES string of the molecule is CN(C(=O)/C(C#N)=C\c1ccccc1)C(c1ccc(CN2CCC(N3CCC(CNc4ncc(SCc5ncc(C(C)(C)C)o5)s4)CC3)CC2)cc1)C1CC1. The van der Waals surface area contributed by atoms with E-state index in [1.54, 1.807) is 34.1 Å². The molecule has 1 atom stereocenters. The van der Waals surface area contributed by atoms with Crippen LogP contribution in [-0.2, 0) is 22.5 Å². The summed E-state index contributed by atoms with van der Waals surface area (Å²) < 4.78 is 7.13. The van der Waals surface area contributed by atoms with Gasteiger partial charge in [0.1, 0.15) is 17.4 Å². The van der Waals surface area contributed by atoms with E-state index in [2.05, 4.69) is 76.2 Å². The Balaban J connectivity index is 0.820. The Labute approximate surface area is 335 Å². The maximum Gasteiger partial charge on any atom is 0.264 e. The number of nitriles is 1. The van der Waals surface area contributed by atoms with Gasteiger partial charge in [-0.25, -0.2) is 9.97 Å². The summed E-state index contributed by atoms with van der Waals surface area (Å²) in [6, 6.07) is 21.3. The molecule has 11 heteroatoms. The quantitative estimate of drug-likeness (QED) is 0.0764. The number of hydrogen-bond donors (Lipinski definition) is 1. The lowest BCUT2D eigenvalue weighted by Crippen LogP contribution is -2.48. The molecule has 1 saturated carbocycles. The van der Waals surface area contributed by atoms with E-state index < -0.39 is 0 Å². The molecule has 2 aromatic carbocycles. The summed E-state index contributed by atoms with van der Waals surface area (Å²) in [6.45, 7) is 13.0. The van der Waals surface area contributed by atoms with Crippen molar-refractivity contribution in [2.75, 3.05) is 45.1 Å². The van der Waals surface area contributed by atoms with Crippen LogP contribution in [0, 0.1) is 23.2 Å². The number of oxazole rings is 1. The Morgan fingerprint density at radius 1 is 1.02 bits per heavy atom. The first-order valence-electron chi connectivity index (χ1n) is 19.9. The van der Waals surface area contributed by atoms with E-state index >= 15 is 0 Å². The van der Waals surface area contributed by atoms with Crippen molar-refractivity contribution in [2.45, 2.75) is 93.3 Å². The van der Waals surface area contributed by atoms with Crippen molar-refractivity contribution in [2.24, 2.45) is 11.8 Å². The molecule has 9 nitrogen and oxygen atoms in total. The lowest BCUT2D eigenvalue weighted by Gasteiger charge is -2.42. The van der Waals surface area contributed by atoms with Crippen molar-refractivity contribution >= 4 is 40.2 Å². The summed E-state index contributed by atoms with van der Waals surface area (Å²) in [5, 5.41) is 14.5. The Hall–Kier alpha value is -3.95. The van der Waals surface area contributed by atoms with Crippen LogP contribution < -0.4 is 5.32 Å². The highest BCUT2D eigenvalue weighted by molar-refractivity contribution is 8.00. The lowest BCUT2D eigenvalue weighted by molar-refractivity contribution is -0.128. The minimum atomic E-state index is -0.217. The second-order valence-electron chi connectivity index (χ2n) is 16.5. The number of aromatic nitrogens is 2. The smallest absolute Gasteiger partial charge is 0.264 e. The molecule has 0 spiro atoms. The molecule has 2 aliphatic heterocycles. The van der Waals surface area contributed by atoms with E-state index in [1.165, 1.54) is 48.5 Å². The minimum absolute atomic E-state index is 0.0205. The van der Waals surface area contributed by atoms with Gasteiger partial charge < -0.3 is 19.5 Å². The summed E-state index contributed by atoms with van der Waals surface area (Å²) in [4.78, 5) is 29.7. The van der Waals surface area contributed by atoms with Crippen molar-refractivity contribution in [3.8, 4) is 6.07 Å². The van der Waals surface area contributed by atoms with Gasteiger partial charge in [-0.15, -0.1) is 11.8 Å². The fraction of sp³-hybridized carbons (Fsp3) is 0.500. The van der Waals surface area contributed by atoms with Crippen LogP contribution in [0.2, 0.25) is 0 Å². The Bertz CT molecular complexity index is 1920. The average molecular weight is 778 g/mol. The van der Waals surface area contributed by atoms with E-state index in [4.69, 9.17) is 4.42 Å². The van der Waals surface area contributed by atoms with Crippen LogP contribution in [0.5, 0.6) is 0 Å². The molecule has 7 rings (SSSR count). The number of rotatable bonds is 14. The maximum atomic E-state index is 13.5. The number of nitrogens with zero attached hydrogens (tertiary/aromatic N) is 6. The average Bonchev–Trinajstić information content (AvgIpc) is 3.70. The Morgan fingerprint density at radius 2 is 1.75 bits per heavy atom. The molecule has 290 valence electrons. The highest BCUT2D eigenvalue weighted by Gasteiger charge is 2.38. The van der Waals surface area contributed by atoms with Crippen molar-refractivity contribution in [3.63, 3.8) is 0 Å². The van der Waals surface area contributed by atoms with Crippen LogP contribution >= 0.6 is 23.1 Å². The second kappa shape index (κ2) is 17.9. The van der Waals surface area contributed by atoms with Gasteiger partial charge in [0, 0.05) is 31.6 Å². The fourth-order valence-electron chi connectivity index (χ4n) is 7.94. The number of benzene rings is 2. The standard InChI is InChI=1S/C44H55N7O2S2/c1-44(2,3)38-27-46-39(53-38)30-54-40-28-48-43(55-40)47-26-32-16-22-51(23-17-32)37-18-20-50(21-19-37)29-33-10-12-34(13-11-33)41(35-14-15-35)49(4)42(52)36(25-45)24-31-8-6-5-7-9-31/h5-13,24,27-28,32,35,37,41H,14-23,26,29-30H2,1-4H3,(H,47,48)/b36-24-. The largest absolute Gasteiger partial charge is 0.444 e. The summed E-state index contributed by atoms with van der Waals surface area (Å²) in [6.07, 6.45) is 12.6. The predicted octanol–water partition coefficient (Wildman–Crippen LogP) is 9.03. The van der Waals surface area contributed by atoms with Gasteiger partial charge >= 0.3 is 0 Å². The molecule has 3 aliphatic rings. The summed E-state index contributed by atoms with van der Waals surface area (Å²) in [5.41, 5.74) is 3.47. The van der Waals surface area contributed by atoms with Gasteiger partial charge in [0.25, 0.3) is 5.91 Å². The molecule has 3 fully saturated rings. The molecule has 1 amide bonds. The first-order chi connectivity index (χ1) is 26.6. The van der Waals surface area contributed by atoms with Crippen LogP contribution in [0.25, 0.3) is 6.08 Å². The first-order valence-corrected chi connectivity index (χ1v) is 21.7. The zero-order valence-electron chi connectivity index (χ0n) is 32.7. The molecule has 1 N–H and O–H groups in total. The normalized spacial score (nSPS) is 18.6. The van der Waals surface area contributed by atoms with Gasteiger partial charge in [0.2, 0.25) is 5.89 Å². The Kier molecular flexibility index (Phi) is 12.8. The van der Waals surface area contributed by atoms with Crippen LogP contribution in [0.1, 0.15) is 93.7 Å². The third-order valence-electron chi connectivity index (χ3n) is 11.4. The summed E-state index contributed by atoms with van der Waals surface area (Å²) >= 11 is 3.45. The zero-order valence-corrected chi connectivity index (χ0v) is 34.4.